The molecule has 2 aromatic rings. The van der Waals surface area contributed by atoms with Gasteiger partial charge in [-0.15, -0.1) is 0 Å². The van der Waals surface area contributed by atoms with E-state index in [1.165, 1.54) is 5.56 Å². The molecule has 0 saturated heterocycles. The Labute approximate surface area is 128 Å². The van der Waals surface area contributed by atoms with Crippen molar-refractivity contribution in [1.82, 2.24) is 0 Å². The summed E-state index contributed by atoms with van der Waals surface area (Å²) >= 11 is 3.45. The minimum atomic E-state index is 0.0143. The van der Waals surface area contributed by atoms with Gasteiger partial charge in [-0.2, -0.15) is 0 Å². The van der Waals surface area contributed by atoms with Gasteiger partial charge in [0.25, 0.3) is 0 Å². The largest absolute Gasteiger partial charge is 0.326 e. The van der Waals surface area contributed by atoms with Crippen LogP contribution in [-0.2, 0) is 11.2 Å². The molecule has 0 atom stereocenters. The van der Waals surface area contributed by atoms with Crippen molar-refractivity contribution in [2.45, 2.75) is 27.2 Å². The lowest BCUT2D eigenvalue weighted by Gasteiger charge is -2.09. The smallest absolute Gasteiger partial charge is 0.228 e. The van der Waals surface area contributed by atoms with E-state index in [2.05, 4.69) is 39.4 Å². The molecule has 0 aliphatic carbocycles. The van der Waals surface area contributed by atoms with Crippen LogP contribution in [0.5, 0.6) is 0 Å². The fourth-order valence-electron chi connectivity index (χ4n) is 2.09. The number of anilines is 1. The van der Waals surface area contributed by atoms with Crippen LogP contribution in [-0.4, -0.2) is 5.91 Å². The molecule has 0 heterocycles. The molecule has 2 aromatic carbocycles. The lowest BCUT2D eigenvalue weighted by atomic mass is 10.0. The van der Waals surface area contributed by atoms with E-state index in [-0.39, 0.29) is 5.91 Å². The monoisotopic (exact) mass is 331 g/mol. The summed E-state index contributed by atoms with van der Waals surface area (Å²) in [5.41, 5.74) is 5.35. The summed E-state index contributed by atoms with van der Waals surface area (Å²) in [7, 11) is 0. The number of halogens is 1. The van der Waals surface area contributed by atoms with Crippen LogP contribution in [0, 0.1) is 20.8 Å². The average molecular weight is 332 g/mol. The highest BCUT2D eigenvalue weighted by Gasteiger charge is 2.07. The van der Waals surface area contributed by atoms with Crippen LogP contribution in [0.4, 0.5) is 5.69 Å². The minimum Gasteiger partial charge on any atom is -0.326 e. The average Bonchev–Trinajstić information content (AvgIpc) is 2.38. The number of carbonyl (C=O) groups excluding carboxylic acids is 1. The highest BCUT2D eigenvalue weighted by atomic mass is 79.9. The molecule has 0 unspecified atom stereocenters. The van der Waals surface area contributed by atoms with Gasteiger partial charge in [0.05, 0.1) is 6.42 Å². The van der Waals surface area contributed by atoms with E-state index < -0.39 is 0 Å². The maximum absolute atomic E-state index is 12.1. The van der Waals surface area contributed by atoms with Crippen molar-refractivity contribution >= 4 is 27.5 Å². The molecule has 2 nitrogen and oxygen atoms in total. The normalized spacial score (nSPS) is 10.4. The number of benzene rings is 2. The van der Waals surface area contributed by atoms with Gasteiger partial charge in [0, 0.05) is 10.2 Å². The Kier molecular flexibility index (Phi) is 4.61. The molecule has 0 aliphatic heterocycles. The Morgan fingerprint density at radius 1 is 1.05 bits per heavy atom. The lowest BCUT2D eigenvalue weighted by molar-refractivity contribution is -0.115. The van der Waals surface area contributed by atoms with E-state index >= 15 is 0 Å². The van der Waals surface area contributed by atoms with Gasteiger partial charge in [0.15, 0.2) is 0 Å². The Balaban J connectivity index is 2.09. The van der Waals surface area contributed by atoms with Crippen LogP contribution < -0.4 is 5.32 Å². The summed E-state index contributed by atoms with van der Waals surface area (Å²) in [5, 5.41) is 2.95. The van der Waals surface area contributed by atoms with Gasteiger partial charge < -0.3 is 5.32 Å². The predicted octanol–water partition coefficient (Wildman–Crippen LogP) is 4.56. The third-order valence-corrected chi connectivity index (χ3v) is 4.19. The van der Waals surface area contributed by atoms with Gasteiger partial charge in [-0.05, 0) is 55.7 Å². The van der Waals surface area contributed by atoms with Crippen molar-refractivity contribution in [3.05, 3.63) is 63.1 Å². The van der Waals surface area contributed by atoms with Crippen LogP contribution in [0.15, 0.2) is 40.9 Å². The summed E-state index contributed by atoms with van der Waals surface area (Å²) in [6.07, 6.45) is 0.405. The van der Waals surface area contributed by atoms with Crippen molar-refractivity contribution in [3.8, 4) is 0 Å². The number of hydrogen-bond acceptors (Lipinski definition) is 1. The van der Waals surface area contributed by atoms with Crippen molar-refractivity contribution in [3.63, 3.8) is 0 Å². The number of rotatable bonds is 3. The topological polar surface area (TPSA) is 29.1 Å². The van der Waals surface area contributed by atoms with Crippen LogP contribution in [0.2, 0.25) is 0 Å². The maximum Gasteiger partial charge on any atom is 0.228 e. The van der Waals surface area contributed by atoms with Crippen molar-refractivity contribution in [2.75, 3.05) is 5.32 Å². The Morgan fingerprint density at radius 2 is 1.80 bits per heavy atom. The first kappa shape index (κ1) is 14.8. The number of hydrogen-bond donors (Lipinski definition) is 1. The fourth-order valence-corrected chi connectivity index (χ4v) is 2.34. The zero-order valence-electron chi connectivity index (χ0n) is 12.0. The van der Waals surface area contributed by atoms with Crippen LogP contribution in [0.1, 0.15) is 22.3 Å². The maximum atomic E-state index is 12.1. The van der Waals surface area contributed by atoms with Gasteiger partial charge in [0.1, 0.15) is 0 Å². The second-order valence-electron chi connectivity index (χ2n) is 5.12. The number of carbonyl (C=O) groups is 1. The molecular weight excluding hydrogens is 314 g/mol. The number of aryl methyl sites for hydroxylation is 3. The standard InChI is InChI=1S/C17H18BrNO/c1-11-4-5-12(2)14(8-11)10-17(20)19-15-6-7-16(18)13(3)9-15/h4-9H,10H2,1-3H3,(H,19,20). The Bertz CT molecular complexity index is 649. The van der Waals surface area contributed by atoms with Crippen molar-refractivity contribution < 1.29 is 4.79 Å². The first-order chi connectivity index (χ1) is 9.45. The van der Waals surface area contributed by atoms with E-state index in [0.717, 1.165) is 26.9 Å². The van der Waals surface area contributed by atoms with Gasteiger partial charge in [-0.3, -0.25) is 4.79 Å². The molecule has 0 saturated carbocycles. The zero-order chi connectivity index (χ0) is 14.7. The highest BCUT2D eigenvalue weighted by Crippen LogP contribution is 2.20. The van der Waals surface area contributed by atoms with E-state index in [1.54, 1.807) is 0 Å². The predicted molar refractivity (Wildman–Crippen MR) is 87.1 cm³/mol. The quantitative estimate of drug-likeness (QED) is 0.877. The molecule has 0 bridgehead atoms. The zero-order valence-corrected chi connectivity index (χ0v) is 13.5. The van der Waals surface area contributed by atoms with Gasteiger partial charge in [-0.1, -0.05) is 39.7 Å². The van der Waals surface area contributed by atoms with Crippen LogP contribution >= 0.6 is 15.9 Å². The van der Waals surface area contributed by atoms with E-state index in [4.69, 9.17) is 0 Å². The van der Waals surface area contributed by atoms with E-state index in [9.17, 15) is 4.79 Å². The molecule has 0 fully saturated rings. The Morgan fingerprint density at radius 3 is 2.50 bits per heavy atom. The van der Waals surface area contributed by atoms with Gasteiger partial charge in [0.2, 0.25) is 5.91 Å². The summed E-state index contributed by atoms with van der Waals surface area (Å²) in [4.78, 5) is 12.1. The molecule has 1 N–H and O–H groups in total. The fraction of sp³-hybridized carbons (Fsp3) is 0.235. The van der Waals surface area contributed by atoms with Crippen LogP contribution in [0.3, 0.4) is 0 Å². The first-order valence-corrected chi connectivity index (χ1v) is 7.37. The molecular formula is C17H18BrNO. The summed E-state index contributed by atoms with van der Waals surface area (Å²) in [6, 6.07) is 12.0. The summed E-state index contributed by atoms with van der Waals surface area (Å²) in [5.74, 6) is 0.0143. The number of nitrogens with one attached hydrogen (secondary N) is 1. The molecule has 3 heteroatoms. The van der Waals surface area contributed by atoms with Crippen LogP contribution in [0.25, 0.3) is 0 Å². The molecule has 0 radical (unpaired) electrons. The SMILES string of the molecule is Cc1ccc(C)c(CC(=O)Nc2ccc(Br)c(C)c2)c1. The second-order valence-corrected chi connectivity index (χ2v) is 5.97. The highest BCUT2D eigenvalue weighted by molar-refractivity contribution is 9.10. The molecule has 1 amide bonds. The van der Waals surface area contributed by atoms with Gasteiger partial charge >= 0.3 is 0 Å². The van der Waals surface area contributed by atoms with Crippen molar-refractivity contribution in [2.24, 2.45) is 0 Å². The first-order valence-electron chi connectivity index (χ1n) is 6.58. The molecule has 2 rings (SSSR count). The Hall–Kier alpha value is -1.61. The lowest BCUT2D eigenvalue weighted by Crippen LogP contribution is -2.15. The summed E-state index contributed by atoms with van der Waals surface area (Å²) in [6.45, 7) is 6.08. The molecule has 0 aliphatic rings. The van der Waals surface area contributed by atoms with E-state index in [0.29, 0.717) is 6.42 Å². The molecule has 104 valence electrons. The molecule has 20 heavy (non-hydrogen) atoms. The molecule has 0 spiro atoms. The third kappa shape index (κ3) is 3.70. The summed E-state index contributed by atoms with van der Waals surface area (Å²) < 4.78 is 1.05. The molecule has 0 aromatic heterocycles. The second kappa shape index (κ2) is 6.23. The van der Waals surface area contributed by atoms with E-state index in [1.807, 2.05) is 39.0 Å². The minimum absolute atomic E-state index is 0.0143. The number of amides is 1. The van der Waals surface area contributed by atoms with Crippen molar-refractivity contribution in [1.29, 1.82) is 0 Å². The van der Waals surface area contributed by atoms with Gasteiger partial charge in [-0.25, -0.2) is 0 Å². The third-order valence-electron chi connectivity index (χ3n) is 3.30.